The van der Waals surface area contributed by atoms with Crippen molar-refractivity contribution in [2.75, 3.05) is 13.2 Å². The van der Waals surface area contributed by atoms with E-state index in [4.69, 9.17) is 4.74 Å². The number of hydrogen-bond acceptors (Lipinski definition) is 5. The first-order valence-electron chi connectivity index (χ1n) is 9.68. The fraction of sp³-hybridized carbons (Fsp3) is 0.261. The van der Waals surface area contributed by atoms with Crippen molar-refractivity contribution in [1.29, 1.82) is 0 Å². The van der Waals surface area contributed by atoms with E-state index in [2.05, 4.69) is 0 Å². The van der Waals surface area contributed by atoms with Gasteiger partial charge in [-0.05, 0) is 12.1 Å². The monoisotopic (exact) mass is 444 g/mol. The lowest BCUT2D eigenvalue weighted by Crippen LogP contribution is -2.46. The van der Waals surface area contributed by atoms with Gasteiger partial charge in [-0.25, -0.2) is 8.42 Å². The summed E-state index contributed by atoms with van der Waals surface area (Å²) in [6, 6.07) is 17.9. The fourth-order valence-electron chi connectivity index (χ4n) is 3.16. The van der Waals surface area contributed by atoms with Crippen LogP contribution in [0.15, 0.2) is 88.3 Å². The highest BCUT2D eigenvalue weighted by Gasteiger charge is 2.38. The molecule has 1 atom stereocenters. The molecule has 0 aromatic heterocycles. The normalized spacial score (nSPS) is 13.9. The summed E-state index contributed by atoms with van der Waals surface area (Å²) in [5.41, 5.74) is 0. The summed E-state index contributed by atoms with van der Waals surface area (Å²) in [5.74, 6) is -0.928. The molecule has 0 fully saturated rings. The number of sulfone groups is 1. The SMILES string of the molecule is CC(=O)OC[C@H](/C=C(/[Si](C)(C)c1ccccc1)S(=O)(=O)c1ccccc1)/C=C/CO. The molecule has 0 spiro atoms. The molecule has 160 valence electrons. The van der Waals surface area contributed by atoms with E-state index >= 15 is 0 Å². The number of aliphatic hydroxyl groups excluding tert-OH is 1. The smallest absolute Gasteiger partial charge is 0.302 e. The molecule has 0 aliphatic carbocycles. The third-order valence-corrected chi connectivity index (χ3v) is 11.9. The van der Waals surface area contributed by atoms with Crippen LogP contribution >= 0.6 is 0 Å². The van der Waals surface area contributed by atoms with Gasteiger partial charge in [-0.2, -0.15) is 0 Å². The van der Waals surface area contributed by atoms with Gasteiger partial charge in [-0.3, -0.25) is 4.79 Å². The van der Waals surface area contributed by atoms with Gasteiger partial charge in [0.1, 0.15) is 14.7 Å². The Morgan fingerprint density at radius 3 is 2.17 bits per heavy atom. The van der Waals surface area contributed by atoms with Crippen molar-refractivity contribution >= 4 is 29.1 Å². The third kappa shape index (κ3) is 6.01. The van der Waals surface area contributed by atoms with Gasteiger partial charge in [-0.1, -0.05) is 85.0 Å². The molecule has 0 unspecified atom stereocenters. The van der Waals surface area contributed by atoms with E-state index in [0.29, 0.717) is 4.53 Å². The molecular formula is C23H28O5SSi. The average molecular weight is 445 g/mol. The maximum Gasteiger partial charge on any atom is 0.302 e. The maximum absolute atomic E-state index is 13.7. The number of ether oxygens (including phenoxy) is 1. The summed E-state index contributed by atoms with van der Waals surface area (Å²) in [7, 11) is -6.43. The van der Waals surface area contributed by atoms with Gasteiger partial charge in [0.05, 0.1) is 11.5 Å². The molecule has 0 radical (unpaired) electrons. The molecule has 0 amide bonds. The molecule has 0 aliphatic heterocycles. The van der Waals surface area contributed by atoms with Gasteiger partial charge in [0.15, 0.2) is 9.84 Å². The van der Waals surface area contributed by atoms with Gasteiger partial charge in [0.25, 0.3) is 0 Å². The highest BCUT2D eigenvalue weighted by Crippen LogP contribution is 2.29. The third-order valence-electron chi connectivity index (χ3n) is 4.79. The van der Waals surface area contributed by atoms with Gasteiger partial charge < -0.3 is 9.84 Å². The number of benzene rings is 2. The molecule has 1 N–H and O–H groups in total. The zero-order chi connectivity index (χ0) is 22.2. The minimum atomic E-state index is -3.78. The maximum atomic E-state index is 13.7. The molecule has 0 saturated heterocycles. The van der Waals surface area contributed by atoms with Crippen LogP contribution < -0.4 is 5.19 Å². The standard InChI is InChI=1S/C23H28O5SSi/c1-19(25)28-18-20(11-10-16-24)17-23(29(26,27)21-12-6-4-7-13-21)30(2,3)22-14-8-5-9-15-22/h4-15,17,20,24H,16,18H2,1-3H3/b11-10+,23-17+/t20-/m0/s1. The van der Waals surface area contributed by atoms with Gasteiger partial charge in [0.2, 0.25) is 0 Å². The Balaban J connectivity index is 2.66. The number of hydrogen-bond donors (Lipinski definition) is 1. The Kier molecular flexibility index (Phi) is 8.34. The van der Waals surface area contributed by atoms with Crippen molar-refractivity contribution in [2.24, 2.45) is 5.92 Å². The summed E-state index contributed by atoms with van der Waals surface area (Å²) < 4.78 is 32.9. The molecule has 30 heavy (non-hydrogen) atoms. The summed E-state index contributed by atoms with van der Waals surface area (Å²) >= 11 is 0. The molecule has 0 aliphatic rings. The Morgan fingerprint density at radius 1 is 1.07 bits per heavy atom. The summed E-state index contributed by atoms with van der Waals surface area (Å²) in [5, 5.41) is 10.2. The zero-order valence-corrected chi connectivity index (χ0v) is 19.3. The topological polar surface area (TPSA) is 80.7 Å². The number of carbonyl (C=O) groups is 1. The Labute approximate surface area is 179 Å². The molecule has 7 heteroatoms. The second-order valence-corrected chi connectivity index (χ2v) is 14.1. The van der Waals surface area contributed by atoms with E-state index < -0.39 is 29.8 Å². The minimum Gasteiger partial charge on any atom is -0.465 e. The highest BCUT2D eigenvalue weighted by molar-refractivity contribution is 7.98. The predicted octanol–water partition coefficient (Wildman–Crippen LogP) is 3.23. The number of aliphatic hydroxyl groups is 1. The summed E-state index contributed by atoms with van der Waals surface area (Å²) in [6.07, 6.45) is 4.87. The predicted molar refractivity (Wildman–Crippen MR) is 122 cm³/mol. The van der Waals surface area contributed by atoms with Crippen LogP contribution in [-0.2, 0) is 19.4 Å². The first-order chi connectivity index (χ1) is 14.2. The van der Waals surface area contributed by atoms with E-state index in [1.165, 1.54) is 13.0 Å². The van der Waals surface area contributed by atoms with Crippen molar-refractivity contribution in [3.8, 4) is 0 Å². The largest absolute Gasteiger partial charge is 0.465 e. The molecule has 2 aromatic carbocycles. The second-order valence-electron chi connectivity index (χ2n) is 7.42. The lowest BCUT2D eigenvalue weighted by atomic mass is 10.1. The van der Waals surface area contributed by atoms with Gasteiger partial charge in [-0.15, -0.1) is 0 Å². The van der Waals surface area contributed by atoms with Crippen LogP contribution in [0.3, 0.4) is 0 Å². The molecule has 5 nitrogen and oxygen atoms in total. The number of rotatable bonds is 9. The van der Waals surface area contributed by atoms with Crippen molar-refractivity contribution in [3.05, 3.63) is 83.4 Å². The number of esters is 1. The Hall–Kier alpha value is -2.48. The number of carbonyl (C=O) groups excluding carboxylic acids is 1. The van der Waals surface area contributed by atoms with E-state index in [1.54, 1.807) is 42.5 Å². The van der Waals surface area contributed by atoms with Crippen molar-refractivity contribution in [1.82, 2.24) is 0 Å². The lowest BCUT2D eigenvalue weighted by Gasteiger charge is -2.27. The van der Waals surface area contributed by atoms with E-state index in [-0.39, 0.29) is 18.1 Å². The van der Waals surface area contributed by atoms with Crippen LogP contribution in [0.2, 0.25) is 13.1 Å². The van der Waals surface area contributed by atoms with Crippen LogP contribution in [0, 0.1) is 5.92 Å². The average Bonchev–Trinajstić information content (AvgIpc) is 2.74. The minimum absolute atomic E-state index is 0.00108. The zero-order valence-electron chi connectivity index (χ0n) is 17.5. The summed E-state index contributed by atoms with van der Waals surface area (Å²) in [6.45, 7) is 5.10. The first kappa shape index (κ1) is 23.8. The lowest BCUT2D eigenvalue weighted by molar-refractivity contribution is -0.141. The van der Waals surface area contributed by atoms with E-state index in [9.17, 15) is 18.3 Å². The molecule has 0 heterocycles. The van der Waals surface area contributed by atoms with Crippen LogP contribution in [0.25, 0.3) is 0 Å². The van der Waals surface area contributed by atoms with Crippen LogP contribution in [0.4, 0.5) is 0 Å². The van der Waals surface area contributed by atoms with Crippen LogP contribution in [0.1, 0.15) is 6.92 Å². The fourth-order valence-corrected chi connectivity index (χ4v) is 9.62. The highest BCUT2D eigenvalue weighted by atomic mass is 32.2. The molecule has 0 saturated carbocycles. The quantitative estimate of drug-likeness (QED) is 0.365. The van der Waals surface area contributed by atoms with Crippen LogP contribution in [0.5, 0.6) is 0 Å². The van der Waals surface area contributed by atoms with Crippen LogP contribution in [-0.4, -0.2) is 40.8 Å². The molecule has 2 aromatic rings. The van der Waals surface area contributed by atoms with E-state index in [0.717, 1.165) is 5.19 Å². The van der Waals surface area contributed by atoms with E-state index in [1.807, 2.05) is 43.4 Å². The summed E-state index contributed by atoms with van der Waals surface area (Å²) in [4.78, 5) is 11.5. The Bertz CT molecular complexity index is 996. The van der Waals surface area contributed by atoms with Gasteiger partial charge in [0, 0.05) is 17.4 Å². The first-order valence-corrected chi connectivity index (χ1v) is 14.2. The van der Waals surface area contributed by atoms with Crippen molar-refractivity contribution in [3.63, 3.8) is 0 Å². The van der Waals surface area contributed by atoms with Crippen molar-refractivity contribution in [2.45, 2.75) is 24.9 Å². The molecular weight excluding hydrogens is 416 g/mol. The second kappa shape index (κ2) is 10.5. The van der Waals surface area contributed by atoms with Gasteiger partial charge >= 0.3 is 5.97 Å². The van der Waals surface area contributed by atoms with Crippen molar-refractivity contribution < 1.29 is 23.1 Å². The molecule has 2 rings (SSSR count). The molecule has 0 bridgehead atoms. The Morgan fingerprint density at radius 2 is 1.63 bits per heavy atom.